The van der Waals surface area contributed by atoms with Crippen LogP contribution in [0.4, 0.5) is 0 Å². The minimum Gasteiger partial charge on any atom is -0.310 e. The average Bonchev–Trinajstić information content (AvgIpc) is 2.84. The Labute approximate surface area is 99.9 Å². The van der Waals surface area contributed by atoms with Crippen molar-refractivity contribution < 1.29 is 0 Å². The minimum absolute atomic E-state index is 0.853. The molecule has 0 aliphatic rings. The highest BCUT2D eigenvalue weighted by Crippen LogP contribution is 2.10. The normalized spacial score (nSPS) is 11.7. The zero-order valence-corrected chi connectivity index (χ0v) is 10.6. The third-order valence-corrected chi connectivity index (χ3v) is 3.43. The molecule has 0 saturated carbocycles. The molecule has 0 amide bonds. The van der Waals surface area contributed by atoms with Gasteiger partial charge >= 0.3 is 0 Å². The highest BCUT2D eigenvalue weighted by molar-refractivity contribution is 7.15. The SMILES string of the molecule is CCN(C)CCNCc1cn2ccsc2n1. The highest BCUT2D eigenvalue weighted by Gasteiger charge is 2.01. The zero-order chi connectivity index (χ0) is 11.4. The maximum atomic E-state index is 4.51. The van der Waals surface area contributed by atoms with E-state index in [0.717, 1.165) is 36.8 Å². The average molecular weight is 238 g/mol. The second-order valence-corrected chi connectivity index (χ2v) is 4.77. The van der Waals surface area contributed by atoms with Crippen LogP contribution in [0.2, 0.25) is 0 Å². The van der Waals surface area contributed by atoms with E-state index in [1.54, 1.807) is 11.3 Å². The van der Waals surface area contributed by atoms with Gasteiger partial charge in [-0.2, -0.15) is 0 Å². The predicted molar refractivity (Wildman–Crippen MR) is 67.9 cm³/mol. The molecule has 4 nitrogen and oxygen atoms in total. The molecular weight excluding hydrogens is 220 g/mol. The Kier molecular flexibility index (Phi) is 3.93. The van der Waals surface area contributed by atoms with E-state index in [1.807, 2.05) is 6.20 Å². The number of hydrogen-bond donors (Lipinski definition) is 1. The molecule has 0 unspecified atom stereocenters. The van der Waals surface area contributed by atoms with Gasteiger partial charge in [-0.15, -0.1) is 11.3 Å². The molecule has 88 valence electrons. The lowest BCUT2D eigenvalue weighted by Gasteiger charge is -2.13. The minimum atomic E-state index is 0.853. The van der Waals surface area contributed by atoms with Crippen molar-refractivity contribution >= 4 is 16.3 Å². The molecule has 0 aliphatic carbocycles. The van der Waals surface area contributed by atoms with Gasteiger partial charge in [-0.3, -0.25) is 4.40 Å². The maximum Gasteiger partial charge on any atom is 0.193 e. The van der Waals surface area contributed by atoms with Crippen LogP contribution in [0.25, 0.3) is 4.96 Å². The first-order valence-corrected chi connectivity index (χ1v) is 6.48. The van der Waals surface area contributed by atoms with Gasteiger partial charge in [0.05, 0.1) is 5.69 Å². The van der Waals surface area contributed by atoms with Crippen LogP contribution in [-0.4, -0.2) is 41.0 Å². The Hall–Kier alpha value is -0.910. The number of nitrogens with one attached hydrogen (secondary N) is 1. The standard InChI is InChI=1S/C11H18N4S/c1-3-14(2)5-4-12-8-10-9-15-6-7-16-11(15)13-10/h6-7,9,12H,3-5,8H2,1-2H3. The number of likely N-dealkylation sites (N-methyl/N-ethyl adjacent to an activating group) is 1. The van der Waals surface area contributed by atoms with E-state index in [2.05, 4.69) is 45.1 Å². The van der Waals surface area contributed by atoms with Crippen LogP contribution in [0.5, 0.6) is 0 Å². The fraction of sp³-hybridized carbons (Fsp3) is 0.545. The van der Waals surface area contributed by atoms with E-state index in [1.165, 1.54) is 0 Å². The van der Waals surface area contributed by atoms with E-state index < -0.39 is 0 Å². The lowest BCUT2D eigenvalue weighted by atomic mass is 10.4. The van der Waals surface area contributed by atoms with E-state index in [-0.39, 0.29) is 0 Å². The molecular formula is C11H18N4S. The molecule has 2 aromatic rings. The Balaban J connectivity index is 1.76. The first-order chi connectivity index (χ1) is 7.79. The van der Waals surface area contributed by atoms with E-state index in [4.69, 9.17) is 0 Å². The summed E-state index contributed by atoms with van der Waals surface area (Å²) < 4.78 is 2.07. The Morgan fingerprint density at radius 3 is 3.19 bits per heavy atom. The van der Waals surface area contributed by atoms with Gasteiger partial charge < -0.3 is 10.2 Å². The van der Waals surface area contributed by atoms with Crippen molar-refractivity contribution in [3.05, 3.63) is 23.5 Å². The first-order valence-electron chi connectivity index (χ1n) is 5.60. The molecule has 0 atom stereocenters. The second-order valence-electron chi connectivity index (χ2n) is 3.90. The number of thiazole rings is 1. The van der Waals surface area contributed by atoms with Crippen LogP contribution in [0.15, 0.2) is 17.8 Å². The Bertz CT molecular complexity index is 405. The summed E-state index contributed by atoms with van der Waals surface area (Å²) in [7, 11) is 2.13. The van der Waals surface area contributed by atoms with Crippen LogP contribution in [0.3, 0.4) is 0 Å². The Morgan fingerprint density at radius 1 is 1.56 bits per heavy atom. The summed E-state index contributed by atoms with van der Waals surface area (Å²) >= 11 is 1.67. The highest BCUT2D eigenvalue weighted by atomic mass is 32.1. The summed E-state index contributed by atoms with van der Waals surface area (Å²) in [5.74, 6) is 0. The summed E-state index contributed by atoms with van der Waals surface area (Å²) in [6, 6.07) is 0. The Morgan fingerprint density at radius 2 is 2.44 bits per heavy atom. The fourth-order valence-electron chi connectivity index (χ4n) is 1.51. The molecule has 2 heterocycles. The summed E-state index contributed by atoms with van der Waals surface area (Å²) in [6.07, 6.45) is 4.13. The maximum absolute atomic E-state index is 4.51. The number of nitrogens with zero attached hydrogens (tertiary/aromatic N) is 3. The van der Waals surface area contributed by atoms with Crippen molar-refractivity contribution in [3.63, 3.8) is 0 Å². The molecule has 2 rings (SSSR count). The fourth-order valence-corrected chi connectivity index (χ4v) is 2.22. The number of hydrogen-bond acceptors (Lipinski definition) is 4. The van der Waals surface area contributed by atoms with Crippen molar-refractivity contribution in [2.75, 3.05) is 26.7 Å². The van der Waals surface area contributed by atoms with Crippen molar-refractivity contribution in [1.82, 2.24) is 19.6 Å². The summed E-state index contributed by atoms with van der Waals surface area (Å²) in [6.45, 7) is 6.21. The molecule has 0 spiro atoms. The van der Waals surface area contributed by atoms with Gasteiger partial charge in [0.1, 0.15) is 0 Å². The summed E-state index contributed by atoms with van der Waals surface area (Å²) in [4.78, 5) is 7.88. The van der Waals surface area contributed by atoms with Crippen LogP contribution in [-0.2, 0) is 6.54 Å². The van der Waals surface area contributed by atoms with E-state index >= 15 is 0 Å². The molecule has 2 aromatic heterocycles. The van der Waals surface area contributed by atoms with Crippen LogP contribution < -0.4 is 5.32 Å². The van der Waals surface area contributed by atoms with Crippen LogP contribution in [0, 0.1) is 0 Å². The first kappa shape index (κ1) is 11.6. The van der Waals surface area contributed by atoms with Gasteiger partial charge in [-0.05, 0) is 13.6 Å². The zero-order valence-electron chi connectivity index (χ0n) is 9.81. The molecule has 5 heteroatoms. The van der Waals surface area contributed by atoms with E-state index in [9.17, 15) is 0 Å². The second kappa shape index (κ2) is 5.43. The summed E-state index contributed by atoms with van der Waals surface area (Å²) in [5, 5.41) is 5.46. The van der Waals surface area contributed by atoms with Crippen molar-refractivity contribution in [3.8, 4) is 0 Å². The molecule has 0 fully saturated rings. The third kappa shape index (κ3) is 2.81. The third-order valence-electron chi connectivity index (χ3n) is 2.66. The lowest BCUT2D eigenvalue weighted by molar-refractivity contribution is 0.348. The molecule has 1 N–H and O–H groups in total. The topological polar surface area (TPSA) is 32.6 Å². The van der Waals surface area contributed by atoms with Gasteiger partial charge in [0.2, 0.25) is 0 Å². The quantitative estimate of drug-likeness (QED) is 0.773. The molecule has 16 heavy (non-hydrogen) atoms. The van der Waals surface area contributed by atoms with Crippen molar-refractivity contribution in [1.29, 1.82) is 0 Å². The van der Waals surface area contributed by atoms with Gasteiger partial charge in [-0.25, -0.2) is 4.98 Å². The molecule has 0 aromatic carbocycles. The number of fused-ring (bicyclic) bond motifs is 1. The smallest absolute Gasteiger partial charge is 0.193 e. The van der Waals surface area contributed by atoms with Gasteiger partial charge in [0.15, 0.2) is 4.96 Å². The lowest BCUT2D eigenvalue weighted by Crippen LogP contribution is -2.28. The van der Waals surface area contributed by atoms with Crippen LogP contribution in [0.1, 0.15) is 12.6 Å². The van der Waals surface area contributed by atoms with Gasteiger partial charge in [0, 0.05) is 37.4 Å². The molecule has 0 bridgehead atoms. The molecule has 0 saturated heterocycles. The number of imidazole rings is 1. The van der Waals surface area contributed by atoms with Gasteiger partial charge in [-0.1, -0.05) is 6.92 Å². The van der Waals surface area contributed by atoms with Crippen LogP contribution >= 0.6 is 11.3 Å². The number of aromatic nitrogens is 2. The predicted octanol–water partition coefficient (Wildman–Crippen LogP) is 1.44. The largest absolute Gasteiger partial charge is 0.310 e. The van der Waals surface area contributed by atoms with Gasteiger partial charge in [0.25, 0.3) is 0 Å². The van der Waals surface area contributed by atoms with Crippen molar-refractivity contribution in [2.24, 2.45) is 0 Å². The number of rotatable bonds is 6. The van der Waals surface area contributed by atoms with Crippen molar-refractivity contribution in [2.45, 2.75) is 13.5 Å². The summed E-state index contributed by atoms with van der Waals surface area (Å²) in [5.41, 5.74) is 1.12. The van der Waals surface area contributed by atoms with E-state index in [0.29, 0.717) is 0 Å². The monoisotopic (exact) mass is 238 g/mol. The molecule has 0 radical (unpaired) electrons. The molecule has 0 aliphatic heterocycles.